The maximum absolute atomic E-state index is 6.18. The van der Waals surface area contributed by atoms with Crippen molar-refractivity contribution in [3.05, 3.63) is 113 Å². The highest BCUT2D eigenvalue weighted by atomic mass is 16.5. The van der Waals surface area contributed by atoms with Crippen LogP contribution in [0.4, 0.5) is 0 Å². The number of hydrogen-bond acceptors (Lipinski definition) is 3. The van der Waals surface area contributed by atoms with Gasteiger partial charge in [0.2, 0.25) is 0 Å². The second kappa shape index (κ2) is 10.4. The van der Waals surface area contributed by atoms with Crippen LogP contribution in [-0.2, 0) is 11.3 Å². The molecule has 0 bridgehead atoms. The normalized spacial score (nSPS) is 17.4. The molecule has 0 radical (unpaired) electrons. The smallest absolute Gasteiger partial charge is 0.126 e. The summed E-state index contributed by atoms with van der Waals surface area (Å²) in [6, 6.07) is 14.3. The summed E-state index contributed by atoms with van der Waals surface area (Å²) in [4.78, 5) is 0. The van der Waals surface area contributed by atoms with Gasteiger partial charge in [-0.05, 0) is 97.9 Å². The Bertz CT molecular complexity index is 1240. The van der Waals surface area contributed by atoms with Crippen LogP contribution in [-0.4, -0.2) is 6.61 Å². The lowest BCUT2D eigenvalue weighted by Gasteiger charge is -2.19. The van der Waals surface area contributed by atoms with Gasteiger partial charge in [-0.15, -0.1) is 0 Å². The highest BCUT2D eigenvalue weighted by Gasteiger charge is 2.27. The van der Waals surface area contributed by atoms with Crippen LogP contribution >= 0.6 is 0 Å². The van der Waals surface area contributed by atoms with Gasteiger partial charge in [-0.3, -0.25) is 0 Å². The fourth-order valence-electron chi connectivity index (χ4n) is 4.65. The van der Waals surface area contributed by atoms with E-state index in [1.807, 2.05) is 30.5 Å². The summed E-state index contributed by atoms with van der Waals surface area (Å²) < 4.78 is 18.2. The summed E-state index contributed by atoms with van der Waals surface area (Å²) in [7, 11) is 0. The number of ether oxygens (including phenoxy) is 3. The van der Waals surface area contributed by atoms with Gasteiger partial charge in [0.15, 0.2) is 0 Å². The first-order chi connectivity index (χ1) is 17.1. The van der Waals surface area contributed by atoms with Crippen molar-refractivity contribution >= 4 is 5.57 Å². The molecule has 35 heavy (non-hydrogen) atoms. The van der Waals surface area contributed by atoms with Crippen molar-refractivity contribution in [1.82, 2.24) is 0 Å². The summed E-state index contributed by atoms with van der Waals surface area (Å²) in [6.07, 6.45) is 13.8. The van der Waals surface area contributed by atoms with Crippen LogP contribution in [0, 0.1) is 12.8 Å². The molecular weight excluding hydrogens is 432 g/mol. The molecule has 2 aliphatic carbocycles. The van der Waals surface area contributed by atoms with E-state index < -0.39 is 0 Å². The lowest BCUT2D eigenvalue weighted by molar-refractivity contribution is 0.296. The third kappa shape index (κ3) is 5.79. The molecule has 0 spiro atoms. The predicted molar refractivity (Wildman–Crippen MR) is 142 cm³/mol. The zero-order valence-electron chi connectivity index (χ0n) is 20.8. The molecule has 3 nitrogen and oxygen atoms in total. The van der Waals surface area contributed by atoms with Gasteiger partial charge in [-0.25, -0.2) is 0 Å². The molecule has 3 heteroatoms. The number of benzene rings is 2. The first kappa shape index (κ1) is 23.3. The van der Waals surface area contributed by atoms with Gasteiger partial charge in [0.25, 0.3) is 0 Å². The third-order valence-corrected chi connectivity index (χ3v) is 6.95. The molecule has 0 N–H and O–H groups in total. The number of rotatable bonds is 9. The Morgan fingerprint density at radius 1 is 0.971 bits per heavy atom. The minimum Gasteiger partial charge on any atom is -0.489 e. The first-order valence-corrected chi connectivity index (χ1v) is 12.6. The zero-order chi connectivity index (χ0) is 24.2. The van der Waals surface area contributed by atoms with Crippen molar-refractivity contribution < 1.29 is 14.2 Å². The minimum atomic E-state index is 0.495. The minimum absolute atomic E-state index is 0.495. The Labute approximate surface area is 209 Å². The van der Waals surface area contributed by atoms with Gasteiger partial charge in [-0.1, -0.05) is 48.6 Å². The molecule has 0 aromatic heterocycles. The lowest BCUT2D eigenvalue weighted by Crippen LogP contribution is -2.07. The van der Waals surface area contributed by atoms with Crippen LogP contribution in [0.3, 0.4) is 0 Å². The molecule has 1 aliphatic heterocycles. The standard InChI is InChI=1S/C32H34O3/c1-22-10-13-27(14-11-22)31-17-12-25(20-35-31)19-33-29-8-5-9-30(18-29)34-21-28-7-4-6-23(2)32(28)24(3)26-15-16-26/h4-10,13,17-18,20,26H,3,11-12,14-16,19,21H2,1-2H3. The summed E-state index contributed by atoms with van der Waals surface area (Å²) in [5.41, 5.74) is 8.80. The number of aryl methyl sites for hydroxylation is 1. The number of hydrogen-bond donors (Lipinski definition) is 0. The zero-order valence-corrected chi connectivity index (χ0v) is 20.8. The van der Waals surface area contributed by atoms with E-state index in [9.17, 15) is 0 Å². The first-order valence-electron chi connectivity index (χ1n) is 12.6. The Hall–Kier alpha value is -3.46. The maximum atomic E-state index is 6.18. The van der Waals surface area contributed by atoms with Gasteiger partial charge >= 0.3 is 0 Å². The van der Waals surface area contributed by atoms with Gasteiger partial charge in [-0.2, -0.15) is 0 Å². The molecule has 1 fully saturated rings. The fraction of sp³-hybridized carbons (Fsp3) is 0.312. The van der Waals surface area contributed by atoms with Gasteiger partial charge in [0.1, 0.15) is 30.5 Å². The van der Waals surface area contributed by atoms with E-state index in [1.54, 1.807) is 0 Å². The summed E-state index contributed by atoms with van der Waals surface area (Å²) >= 11 is 0. The molecular formula is C32H34O3. The Morgan fingerprint density at radius 2 is 1.74 bits per heavy atom. The topological polar surface area (TPSA) is 27.7 Å². The van der Waals surface area contributed by atoms with E-state index in [2.05, 4.69) is 56.9 Å². The van der Waals surface area contributed by atoms with E-state index in [0.717, 1.165) is 42.1 Å². The van der Waals surface area contributed by atoms with Crippen molar-refractivity contribution in [2.45, 2.75) is 52.6 Å². The van der Waals surface area contributed by atoms with Gasteiger partial charge in [0, 0.05) is 11.6 Å². The van der Waals surface area contributed by atoms with E-state index in [4.69, 9.17) is 14.2 Å². The van der Waals surface area contributed by atoms with Crippen LogP contribution < -0.4 is 9.47 Å². The van der Waals surface area contributed by atoms with Crippen LogP contribution in [0.15, 0.2) is 96.0 Å². The van der Waals surface area contributed by atoms with Crippen molar-refractivity contribution in [2.24, 2.45) is 5.92 Å². The highest BCUT2D eigenvalue weighted by molar-refractivity contribution is 5.72. The Morgan fingerprint density at radius 3 is 2.43 bits per heavy atom. The van der Waals surface area contributed by atoms with Crippen LogP contribution in [0.2, 0.25) is 0 Å². The molecule has 5 rings (SSSR count). The molecule has 1 saturated carbocycles. The monoisotopic (exact) mass is 466 g/mol. The molecule has 0 amide bonds. The second-order valence-electron chi connectivity index (χ2n) is 9.83. The molecule has 3 aliphatic rings. The molecule has 2 aromatic rings. The average Bonchev–Trinajstić information content (AvgIpc) is 3.73. The lowest BCUT2D eigenvalue weighted by atomic mass is 9.93. The van der Waals surface area contributed by atoms with Gasteiger partial charge < -0.3 is 14.2 Å². The molecule has 2 aromatic carbocycles. The van der Waals surface area contributed by atoms with Crippen LogP contribution in [0.1, 0.15) is 55.7 Å². The molecule has 180 valence electrons. The summed E-state index contributed by atoms with van der Waals surface area (Å²) in [5.74, 6) is 3.21. The van der Waals surface area contributed by atoms with E-state index in [0.29, 0.717) is 19.1 Å². The van der Waals surface area contributed by atoms with Crippen molar-refractivity contribution in [2.75, 3.05) is 6.61 Å². The Balaban J connectivity index is 1.16. The van der Waals surface area contributed by atoms with E-state index in [1.165, 1.54) is 46.3 Å². The molecule has 0 saturated heterocycles. The highest BCUT2D eigenvalue weighted by Crippen LogP contribution is 2.43. The molecule has 1 heterocycles. The van der Waals surface area contributed by atoms with Crippen molar-refractivity contribution in [3.8, 4) is 11.5 Å². The average molecular weight is 467 g/mol. The Kier molecular flexibility index (Phi) is 6.94. The SMILES string of the molecule is C=C(c1c(C)cccc1COc1cccc(OCC2=COC(C3=CC=C(C)CC3)=CC2)c1)C1CC1. The summed E-state index contributed by atoms with van der Waals surface area (Å²) in [6.45, 7) is 9.72. The molecule has 0 unspecified atom stereocenters. The van der Waals surface area contributed by atoms with Crippen LogP contribution in [0.25, 0.3) is 5.57 Å². The molecule has 0 atom stereocenters. The quantitative estimate of drug-likeness (QED) is 0.372. The maximum Gasteiger partial charge on any atom is 0.126 e. The fourth-order valence-corrected chi connectivity index (χ4v) is 4.65. The van der Waals surface area contributed by atoms with Gasteiger partial charge in [0.05, 0.1) is 6.26 Å². The van der Waals surface area contributed by atoms with Crippen molar-refractivity contribution in [1.29, 1.82) is 0 Å². The third-order valence-electron chi connectivity index (χ3n) is 6.95. The second-order valence-corrected chi connectivity index (χ2v) is 9.83. The summed E-state index contributed by atoms with van der Waals surface area (Å²) in [5, 5.41) is 0. The van der Waals surface area contributed by atoms with Crippen LogP contribution in [0.5, 0.6) is 11.5 Å². The number of allylic oxidation sites excluding steroid dienone is 6. The predicted octanol–water partition coefficient (Wildman–Crippen LogP) is 8.23. The van der Waals surface area contributed by atoms with E-state index >= 15 is 0 Å². The van der Waals surface area contributed by atoms with E-state index in [-0.39, 0.29) is 0 Å². The largest absolute Gasteiger partial charge is 0.489 e. The van der Waals surface area contributed by atoms with Crippen molar-refractivity contribution in [3.63, 3.8) is 0 Å².